The van der Waals surface area contributed by atoms with Crippen LogP contribution in [-0.4, -0.2) is 37.1 Å². The Morgan fingerprint density at radius 2 is 1.67 bits per heavy atom. The number of nitrogens with zero attached hydrogens (tertiary/aromatic N) is 5. The topological polar surface area (TPSA) is 175 Å². The molecule has 4 rings (SSSR count). The van der Waals surface area contributed by atoms with Crippen molar-refractivity contribution in [1.29, 1.82) is 0 Å². The Balaban J connectivity index is 1.93. The minimum atomic E-state index is -4.57. The summed E-state index contributed by atoms with van der Waals surface area (Å²) in [5.41, 5.74) is 0.757. The number of rotatable bonds is 6. The average molecular weight is 487 g/mol. The van der Waals surface area contributed by atoms with Crippen molar-refractivity contribution in [2.45, 2.75) is 9.79 Å². The highest BCUT2D eigenvalue weighted by Crippen LogP contribution is 2.24. The number of nitro benzene ring substituents is 1. The molecule has 0 aliphatic carbocycles. The summed E-state index contributed by atoms with van der Waals surface area (Å²) in [7, 11) is -6.26. The highest BCUT2D eigenvalue weighted by molar-refractivity contribution is 7.86. The summed E-state index contributed by atoms with van der Waals surface area (Å²) in [6, 6.07) is 17.3. The van der Waals surface area contributed by atoms with Gasteiger partial charge in [0.25, 0.3) is 15.8 Å². The molecule has 0 radical (unpaired) electrons. The second-order valence-electron chi connectivity index (χ2n) is 6.64. The fourth-order valence-corrected chi connectivity index (χ4v) is 4.12. The number of nitro groups is 1. The fraction of sp³-hybridized carbons (Fsp3) is 0. The van der Waals surface area contributed by atoms with Crippen LogP contribution in [0.5, 0.6) is 0 Å². The van der Waals surface area contributed by atoms with Crippen LogP contribution in [0.3, 0.4) is 0 Å². The Bertz CT molecular complexity index is 1410. The third-order valence-electron chi connectivity index (χ3n) is 4.56. The standard InChI is InChI=1S/C19H14N6O6S2/c20-32(28)16-11-9-14(10-12-16)24-22-19(17-3-1-2-4-18(17)33(29,30)31)21-23(24)13-5-7-15(8-6-13)25(26)27/h1-12H,20H2/p+1. The summed E-state index contributed by atoms with van der Waals surface area (Å²) < 4.78 is 44.8. The quantitative estimate of drug-likeness (QED) is 0.177. The van der Waals surface area contributed by atoms with E-state index in [0.29, 0.717) is 16.3 Å². The molecule has 0 fully saturated rings. The van der Waals surface area contributed by atoms with Gasteiger partial charge < -0.3 is 0 Å². The van der Waals surface area contributed by atoms with Gasteiger partial charge in [0.2, 0.25) is 0 Å². The van der Waals surface area contributed by atoms with E-state index in [1.165, 1.54) is 64.2 Å². The molecule has 0 aliphatic rings. The van der Waals surface area contributed by atoms with Crippen molar-refractivity contribution >= 4 is 26.8 Å². The molecular formula is C19H15N6O6S2+. The average Bonchev–Trinajstić information content (AvgIpc) is 3.24. The lowest BCUT2D eigenvalue weighted by molar-refractivity contribution is -0.734. The molecule has 0 aliphatic heterocycles. The predicted molar refractivity (Wildman–Crippen MR) is 115 cm³/mol. The summed E-state index contributed by atoms with van der Waals surface area (Å²) >= 11 is 0. The first-order valence-electron chi connectivity index (χ1n) is 9.13. The minimum absolute atomic E-state index is 0.0342. The lowest BCUT2D eigenvalue weighted by atomic mass is 10.2. The number of nitrogens with two attached hydrogens (primary N) is 1. The molecule has 0 saturated heterocycles. The van der Waals surface area contributed by atoms with Gasteiger partial charge in [0, 0.05) is 16.9 Å². The normalized spacial score (nSPS) is 12.4. The van der Waals surface area contributed by atoms with Gasteiger partial charge in [0.15, 0.2) is 5.69 Å². The maximum atomic E-state index is 11.8. The van der Waals surface area contributed by atoms with Crippen LogP contribution in [-0.2, 0) is 21.1 Å². The summed E-state index contributed by atoms with van der Waals surface area (Å²) in [5, 5.41) is 25.1. The molecule has 1 heterocycles. The van der Waals surface area contributed by atoms with Crippen molar-refractivity contribution in [3.05, 3.63) is 82.9 Å². The van der Waals surface area contributed by atoms with E-state index in [0.717, 1.165) is 0 Å². The fourth-order valence-electron chi connectivity index (χ4n) is 3.02. The Morgan fingerprint density at radius 3 is 2.24 bits per heavy atom. The van der Waals surface area contributed by atoms with Crippen molar-refractivity contribution in [2.24, 2.45) is 5.14 Å². The molecule has 12 nitrogen and oxygen atoms in total. The minimum Gasteiger partial charge on any atom is -0.282 e. The molecule has 0 saturated carbocycles. The number of non-ortho nitro benzene ring substituents is 1. The smallest absolute Gasteiger partial charge is 0.282 e. The van der Waals surface area contributed by atoms with E-state index < -0.39 is 26.0 Å². The van der Waals surface area contributed by atoms with Crippen molar-refractivity contribution in [3.8, 4) is 22.8 Å². The van der Waals surface area contributed by atoms with Gasteiger partial charge in [-0.15, -0.1) is 0 Å². The van der Waals surface area contributed by atoms with Gasteiger partial charge in [-0.3, -0.25) is 14.7 Å². The van der Waals surface area contributed by atoms with Crippen LogP contribution in [0.2, 0.25) is 0 Å². The Hall–Kier alpha value is -3.85. The van der Waals surface area contributed by atoms with E-state index in [9.17, 15) is 27.3 Å². The van der Waals surface area contributed by atoms with E-state index in [-0.39, 0.29) is 22.0 Å². The molecule has 0 amide bonds. The van der Waals surface area contributed by atoms with Crippen LogP contribution < -0.4 is 9.94 Å². The van der Waals surface area contributed by atoms with Crippen molar-refractivity contribution in [2.75, 3.05) is 0 Å². The molecular weight excluding hydrogens is 472 g/mol. The number of hydrogen-bond donors (Lipinski definition) is 2. The molecule has 0 bridgehead atoms. The summed E-state index contributed by atoms with van der Waals surface area (Å²) in [6.07, 6.45) is 0. The SMILES string of the molecule is NS(=O)c1ccc(-n2nc(-c3ccccc3S(=O)(=O)O)n[n+]2-c2ccc([N+](=O)[O-])cc2)cc1. The maximum Gasteiger partial charge on any atom is 0.341 e. The van der Waals surface area contributed by atoms with Gasteiger partial charge in [-0.25, -0.2) is 9.35 Å². The van der Waals surface area contributed by atoms with Crippen molar-refractivity contribution < 1.29 is 26.9 Å². The number of tetrazole rings is 1. The third-order valence-corrected chi connectivity index (χ3v) is 6.20. The van der Waals surface area contributed by atoms with E-state index >= 15 is 0 Å². The molecule has 4 aromatic rings. The van der Waals surface area contributed by atoms with Gasteiger partial charge in [0.1, 0.15) is 21.6 Å². The molecule has 1 unspecified atom stereocenters. The maximum absolute atomic E-state index is 11.8. The lowest BCUT2D eigenvalue weighted by Crippen LogP contribution is -2.43. The zero-order valence-electron chi connectivity index (χ0n) is 16.5. The molecule has 0 spiro atoms. The molecule has 14 heteroatoms. The van der Waals surface area contributed by atoms with Crippen LogP contribution in [0.1, 0.15) is 0 Å². The molecule has 1 aromatic heterocycles. The van der Waals surface area contributed by atoms with Gasteiger partial charge >= 0.3 is 5.82 Å². The van der Waals surface area contributed by atoms with E-state index in [1.54, 1.807) is 18.2 Å². The molecule has 1 atom stereocenters. The first kappa shape index (κ1) is 22.3. The second-order valence-corrected chi connectivity index (χ2v) is 9.09. The van der Waals surface area contributed by atoms with Gasteiger partial charge in [-0.05, 0) is 58.4 Å². The van der Waals surface area contributed by atoms with E-state index in [2.05, 4.69) is 10.2 Å². The van der Waals surface area contributed by atoms with Gasteiger partial charge in [0.05, 0.1) is 20.5 Å². The number of hydrogen-bond acceptors (Lipinski definition) is 7. The predicted octanol–water partition coefficient (Wildman–Crippen LogP) is 1.35. The Labute approximate surface area is 189 Å². The van der Waals surface area contributed by atoms with E-state index in [4.69, 9.17) is 5.14 Å². The molecule has 3 N–H and O–H groups in total. The largest absolute Gasteiger partial charge is 0.341 e. The Morgan fingerprint density at radius 1 is 1.03 bits per heavy atom. The van der Waals surface area contributed by atoms with Crippen molar-refractivity contribution in [1.82, 2.24) is 15.0 Å². The van der Waals surface area contributed by atoms with Crippen LogP contribution in [0, 0.1) is 10.1 Å². The summed E-state index contributed by atoms with van der Waals surface area (Å²) in [6.45, 7) is 0. The number of benzene rings is 3. The first-order valence-corrected chi connectivity index (χ1v) is 11.8. The summed E-state index contributed by atoms with van der Waals surface area (Å²) in [4.78, 5) is 13.1. The highest BCUT2D eigenvalue weighted by Gasteiger charge is 2.28. The second kappa shape index (κ2) is 8.59. The van der Waals surface area contributed by atoms with Crippen molar-refractivity contribution in [3.63, 3.8) is 0 Å². The number of aromatic nitrogens is 4. The van der Waals surface area contributed by atoms with Crippen LogP contribution in [0.4, 0.5) is 5.69 Å². The van der Waals surface area contributed by atoms with Crippen LogP contribution >= 0.6 is 0 Å². The highest BCUT2D eigenvalue weighted by atomic mass is 32.2. The lowest BCUT2D eigenvalue weighted by Gasteiger charge is -2.01. The monoisotopic (exact) mass is 487 g/mol. The Kier molecular flexibility index (Phi) is 5.82. The zero-order valence-corrected chi connectivity index (χ0v) is 18.2. The van der Waals surface area contributed by atoms with Crippen LogP contribution in [0.25, 0.3) is 22.8 Å². The first-order chi connectivity index (χ1) is 15.6. The molecule has 168 valence electrons. The van der Waals surface area contributed by atoms with Gasteiger partial charge in [-0.2, -0.15) is 8.42 Å². The zero-order chi connectivity index (χ0) is 23.8. The summed E-state index contributed by atoms with van der Waals surface area (Å²) in [5.74, 6) is -0.0342. The molecule has 33 heavy (non-hydrogen) atoms. The van der Waals surface area contributed by atoms with Crippen LogP contribution in [0.15, 0.2) is 82.6 Å². The third kappa shape index (κ3) is 4.54. The van der Waals surface area contributed by atoms with E-state index in [1.807, 2.05) is 0 Å². The van der Waals surface area contributed by atoms with Gasteiger partial charge in [-0.1, -0.05) is 12.1 Å². The molecule has 3 aromatic carbocycles.